The summed E-state index contributed by atoms with van der Waals surface area (Å²) in [6.07, 6.45) is 2.00. The highest BCUT2D eigenvalue weighted by Crippen LogP contribution is 2.22. The van der Waals surface area contributed by atoms with Crippen molar-refractivity contribution in [3.05, 3.63) is 51.8 Å². The first-order valence-corrected chi connectivity index (χ1v) is 8.46. The van der Waals surface area contributed by atoms with Crippen molar-refractivity contribution >= 4 is 15.9 Å². The molecule has 1 atom stereocenters. The van der Waals surface area contributed by atoms with E-state index in [9.17, 15) is 0 Å². The second kappa shape index (κ2) is 7.76. The molecule has 114 valence electrons. The molecule has 1 aromatic carbocycles. The van der Waals surface area contributed by atoms with Gasteiger partial charge in [-0.1, -0.05) is 37.3 Å². The minimum atomic E-state index is 0.435. The highest BCUT2D eigenvalue weighted by molar-refractivity contribution is 9.10. The molecule has 1 aromatic heterocycles. The number of aryl methyl sites for hydroxylation is 2. The van der Waals surface area contributed by atoms with Crippen LogP contribution in [-0.2, 0) is 25.9 Å². The maximum atomic E-state index is 4.64. The van der Waals surface area contributed by atoms with Gasteiger partial charge in [0.05, 0.1) is 15.9 Å². The lowest BCUT2D eigenvalue weighted by molar-refractivity contribution is 0.512. The Balaban J connectivity index is 1.98. The van der Waals surface area contributed by atoms with Crippen molar-refractivity contribution in [1.82, 2.24) is 15.1 Å². The molecule has 2 rings (SSSR count). The molecule has 0 radical (unpaired) electrons. The molecular weight excluding hydrogens is 326 g/mol. The van der Waals surface area contributed by atoms with Crippen LogP contribution in [0.2, 0.25) is 0 Å². The first kappa shape index (κ1) is 16.2. The van der Waals surface area contributed by atoms with Crippen molar-refractivity contribution in [2.45, 2.75) is 52.7 Å². The van der Waals surface area contributed by atoms with Crippen molar-refractivity contribution in [3.8, 4) is 0 Å². The van der Waals surface area contributed by atoms with E-state index in [1.807, 2.05) is 0 Å². The first-order valence-electron chi connectivity index (χ1n) is 7.67. The largest absolute Gasteiger partial charge is 0.308 e. The molecule has 0 aliphatic carbocycles. The van der Waals surface area contributed by atoms with E-state index in [0.717, 1.165) is 36.1 Å². The zero-order valence-corrected chi connectivity index (χ0v) is 14.7. The molecule has 0 aliphatic rings. The van der Waals surface area contributed by atoms with Gasteiger partial charge in [0, 0.05) is 19.1 Å². The third kappa shape index (κ3) is 4.17. The molecule has 4 heteroatoms. The maximum Gasteiger partial charge on any atom is 0.0767 e. The summed E-state index contributed by atoms with van der Waals surface area (Å²) in [4.78, 5) is 0. The number of benzene rings is 1. The van der Waals surface area contributed by atoms with Gasteiger partial charge in [0.15, 0.2) is 0 Å². The molecule has 0 spiro atoms. The van der Waals surface area contributed by atoms with Crippen molar-refractivity contribution < 1.29 is 0 Å². The number of rotatable bonds is 7. The van der Waals surface area contributed by atoms with Crippen molar-refractivity contribution in [2.24, 2.45) is 0 Å². The predicted octanol–water partition coefficient (Wildman–Crippen LogP) is 3.95. The van der Waals surface area contributed by atoms with Crippen molar-refractivity contribution in [2.75, 3.05) is 0 Å². The highest BCUT2D eigenvalue weighted by Gasteiger charge is 2.14. The zero-order valence-electron chi connectivity index (χ0n) is 13.1. The Bertz CT molecular complexity index is 563. The Kier molecular flexibility index (Phi) is 6.00. The second-order valence-electron chi connectivity index (χ2n) is 5.35. The lowest BCUT2D eigenvalue weighted by atomic mass is 10.1. The summed E-state index contributed by atoms with van der Waals surface area (Å²) in [5.74, 6) is 0. The number of halogens is 1. The molecule has 0 bridgehead atoms. The molecule has 0 amide bonds. The number of hydrogen-bond donors (Lipinski definition) is 1. The van der Waals surface area contributed by atoms with E-state index in [4.69, 9.17) is 0 Å². The van der Waals surface area contributed by atoms with Crippen LogP contribution in [0.5, 0.6) is 0 Å². The number of nitrogens with one attached hydrogen (secondary N) is 1. The predicted molar refractivity (Wildman–Crippen MR) is 91.4 cm³/mol. The van der Waals surface area contributed by atoms with Crippen LogP contribution < -0.4 is 5.32 Å². The van der Waals surface area contributed by atoms with Crippen molar-refractivity contribution in [3.63, 3.8) is 0 Å². The van der Waals surface area contributed by atoms with E-state index in [-0.39, 0.29) is 0 Å². The van der Waals surface area contributed by atoms with Crippen LogP contribution in [0.4, 0.5) is 0 Å². The Hall–Kier alpha value is -1.13. The molecular formula is C17H24BrN3. The van der Waals surface area contributed by atoms with E-state index in [2.05, 4.69) is 82.1 Å². The zero-order chi connectivity index (χ0) is 15.2. The fourth-order valence-corrected chi connectivity index (χ4v) is 3.20. The van der Waals surface area contributed by atoms with Gasteiger partial charge < -0.3 is 5.32 Å². The third-order valence-electron chi connectivity index (χ3n) is 3.70. The average molecular weight is 350 g/mol. The van der Waals surface area contributed by atoms with Crippen LogP contribution in [0.1, 0.15) is 37.7 Å². The van der Waals surface area contributed by atoms with Gasteiger partial charge in [-0.25, -0.2) is 0 Å². The summed E-state index contributed by atoms with van der Waals surface area (Å²) in [5.41, 5.74) is 3.76. The molecule has 21 heavy (non-hydrogen) atoms. The number of nitrogens with zero attached hydrogens (tertiary/aromatic N) is 2. The van der Waals surface area contributed by atoms with Crippen LogP contribution in [-0.4, -0.2) is 15.8 Å². The maximum absolute atomic E-state index is 4.64. The van der Waals surface area contributed by atoms with Crippen LogP contribution in [0.25, 0.3) is 0 Å². The number of hydrogen-bond acceptors (Lipinski definition) is 2. The molecule has 3 nitrogen and oxygen atoms in total. The lowest BCUT2D eigenvalue weighted by Gasteiger charge is -2.15. The van der Waals surface area contributed by atoms with E-state index in [1.165, 1.54) is 11.3 Å². The van der Waals surface area contributed by atoms with Crippen LogP contribution in [0.15, 0.2) is 34.8 Å². The van der Waals surface area contributed by atoms with E-state index in [0.29, 0.717) is 6.04 Å². The summed E-state index contributed by atoms with van der Waals surface area (Å²) < 4.78 is 3.25. The van der Waals surface area contributed by atoms with Gasteiger partial charge >= 0.3 is 0 Å². The van der Waals surface area contributed by atoms with E-state index >= 15 is 0 Å². The molecule has 1 N–H and O–H groups in total. The van der Waals surface area contributed by atoms with Crippen LogP contribution >= 0.6 is 15.9 Å². The third-order valence-corrected chi connectivity index (χ3v) is 4.61. The summed E-state index contributed by atoms with van der Waals surface area (Å²) in [5, 5.41) is 8.25. The molecule has 2 aromatic rings. The summed E-state index contributed by atoms with van der Waals surface area (Å²) in [6.45, 7) is 8.25. The van der Waals surface area contributed by atoms with Gasteiger partial charge in [0.1, 0.15) is 0 Å². The average Bonchev–Trinajstić information content (AvgIpc) is 2.81. The normalized spacial score (nSPS) is 12.6. The van der Waals surface area contributed by atoms with E-state index < -0.39 is 0 Å². The molecule has 0 saturated heterocycles. The fraction of sp³-hybridized carbons (Fsp3) is 0.471. The molecule has 1 unspecified atom stereocenters. The molecule has 0 aliphatic heterocycles. The SMILES string of the molecule is CCc1nn(CC)c(CNC(C)Cc2ccccc2)c1Br. The summed E-state index contributed by atoms with van der Waals surface area (Å²) in [7, 11) is 0. The number of aromatic nitrogens is 2. The summed E-state index contributed by atoms with van der Waals surface area (Å²) in [6, 6.07) is 11.0. The second-order valence-corrected chi connectivity index (χ2v) is 6.14. The van der Waals surface area contributed by atoms with Crippen molar-refractivity contribution in [1.29, 1.82) is 0 Å². The van der Waals surface area contributed by atoms with Gasteiger partial charge in [-0.15, -0.1) is 0 Å². The minimum absolute atomic E-state index is 0.435. The van der Waals surface area contributed by atoms with Gasteiger partial charge in [-0.2, -0.15) is 5.10 Å². The molecule has 0 fully saturated rings. The molecule has 1 heterocycles. The topological polar surface area (TPSA) is 29.9 Å². The Morgan fingerprint density at radius 3 is 2.57 bits per heavy atom. The van der Waals surface area contributed by atoms with Gasteiger partial charge in [-0.05, 0) is 48.2 Å². The Labute approximate surface area is 135 Å². The smallest absolute Gasteiger partial charge is 0.0767 e. The fourth-order valence-electron chi connectivity index (χ4n) is 2.50. The van der Waals surface area contributed by atoms with Gasteiger partial charge in [-0.3, -0.25) is 4.68 Å². The monoisotopic (exact) mass is 349 g/mol. The Morgan fingerprint density at radius 2 is 1.95 bits per heavy atom. The highest BCUT2D eigenvalue weighted by atomic mass is 79.9. The van der Waals surface area contributed by atoms with Gasteiger partial charge in [0.25, 0.3) is 0 Å². The Morgan fingerprint density at radius 1 is 1.24 bits per heavy atom. The quantitative estimate of drug-likeness (QED) is 0.820. The van der Waals surface area contributed by atoms with Crippen LogP contribution in [0.3, 0.4) is 0 Å². The van der Waals surface area contributed by atoms with Gasteiger partial charge in [0.2, 0.25) is 0 Å². The molecule has 0 saturated carbocycles. The summed E-state index contributed by atoms with van der Waals surface area (Å²) >= 11 is 3.70. The van der Waals surface area contributed by atoms with Crippen LogP contribution in [0, 0.1) is 0 Å². The minimum Gasteiger partial charge on any atom is -0.308 e. The van der Waals surface area contributed by atoms with E-state index in [1.54, 1.807) is 0 Å². The standard InChI is InChI=1S/C17H24BrN3/c1-4-15-17(18)16(21(5-2)20-15)12-19-13(3)11-14-9-7-6-8-10-14/h6-10,13,19H,4-5,11-12H2,1-3H3. The lowest BCUT2D eigenvalue weighted by Crippen LogP contribution is -2.28. The first-order chi connectivity index (χ1) is 10.2.